The Morgan fingerprint density at radius 2 is 1.96 bits per heavy atom. The van der Waals surface area contributed by atoms with Gasteiger partial charge in [-0.15, -0.1) is 20.4 Å². The van der Waals surface area contributed by atoms with Gasteiger partial charge < -0.3 is 14.1 Å². The van der Waals surface area contributed by atoms with E-state index in [1.54, 1.807) is 6.92 Å². The summed E-state index contributed by atoms with van der Waals surface area (Å²) >= 11 is 2.29. The third kappa shape index (κ3) is 3.58. The minimum Gasteiger partial charge on any atom is -0.492 e. The van der Waals surface area contributed by atoms with Gasteiger partial charge in [0.15, 0.2) is 5.82 Å². The predicted molar refractivity (Wildman–Crippen MR) is 100 cm³/mol. The maximum Gasteiger partial charge on any atom is 0.268 e. The molecule has 25 heavy (non-hydrogen) atoms. The fourth-order valence-corrected chi connectivity index (χ4v) is 3.18. The minimum absolute atomic E-state index is 0.393. The summed E-state index contributed by atoms with van der Waals surface area (Å²) in [6, 6.07) is 11.8. The SMILES string of the molecule is Cc1nnc(-c2ccc(N3CC(COc4ccccc4I)C3)nn2)o1. The van der Waals surface area contributed by atoms with E-state index in [0.29, 0.717) is 30.0 Å². The second-order valence-corrected chi connectivity index (χ2v) is 7.08. The molecule has 1 aliphatic heterocycles. The summed E-state index contributed by atoms with van der Waals surface area (Å²) in [5, 5.41) is 16.2. The van der Waals surface area contributed by atoms with Gasteiger partial charge in [-0.2, -0.15) is 0 Å². The highest BCUT2D eigenvalue weighted by Gasteiger charge is 2.29. The zero-order chi connectivity index (χ0) is 17.2. The first kappa shape index (κ1) is 16.2. The molecule has 0 unspecified atom stereocenters. The van der Waals surface area contributed by atoms with E-state index in [9.17, 15) is 0 Å². The molecular weight excluding hydrogens is 433 g/mol. The molecular formula is C17H16IN5O2. The molecule has 1 aliphatic rings. The van der Waals surface area contributed by atoms with Crippen molar-refractivity contribution in [2.24, 2.45) is 5.92 Å². The zero-order valence-electron chi connectivity index (χ0n) is 13.6. The van der Waals surface area contributed by atoms with Crippen LogP contribution in [0.3, 0.4) is 0 Å². The first-order valence-corrected chi connectivity index (χ1v) is 9.03. The molecule has 3 aromatic rings. The van der Waals surface area contributed by atoms with E-state index in [2.05, 4.69) is 47.9 Å². The molecule has 4 rings (SSSR count). The van der Waals surface area contributed by atoms with Gasteiger partial charge in [0.2, 0.25) is 5.89 Å². The third-order valence-electron chi connectivity index (χ3n) is 3.99. The fraction of sp³-hybridized carbons (Fsp3) is 0.294. The van der Waals surface area contributed by atoms with Crippen molar-refractivity contribution in [3.63, 3.8) is 0 Å². The summed E-state index contributed by atoms with van der Waals surface area (Å²) in [7, 11) is 0. The van der Waals surface area contributed by atoms with Crippen LogP contribution in [-0.2, 0) is 0 Å². The molecule has 0 atom stereocenters. The first-order valence-electron chi connectivity index (χ1n) is 7.95. The molecule has 0 bridgehead atoms. The minimum atomic E-state index is 0.393. The molecule has 1 fully saturated rings. The number of para-hydroxylation sites is 1. The summed E-state index contributed by atoms with van der Waals surface area (Å²) in [5.41, 5.74) is 0.586. The second-order valence-electron chi connectivity index (χ2n) is 5.92. The number of benzene rings is 1. The maximum absolute atomic E-state index is 5.91. The van der Waals surface area contributed by atoms with Gasteiger partial charge in [-0.25, -0.2) is 0 Å². The van der Waals surface area contributed by atoms with Crippen LogP contribution in [0.2, 0.25) is 0 Å². The average Bonchev–Trinajstić information content (AvgIpc) is 3.02. The Bertz CT molecular complexity index is 861. The summed E-state index contributed by atoms with van der Waals surface area (Å²) < 4.78 is 12.4. The molecule has 0 amide bonds. The van der Waals surface area contributed by atoms with Crippen molar-refractivity contribution >= 4 is 28.4 Å². The van der Waals surface area contributed by atoms with Crippen LogP contribution >= 0.6 is 22.6 Å². The Balaban J connectivity index is 1.31. The predicted octanol–water partition coefficient (Wildman–Crippen LogP) is 2.95. The molecule has 2 aromatic heterocycles. The van der Waals surface area contributed by atoms with Crippen LogP contribution in [0.5, 0.6) is 5.75 Å². The normalized spacial score (nSPS) is 14.4. The van der Waals surface area contributed by atoms with E-state index >= 15 is 0 Å². The van der Waals surface area contributed by atoms with Gasteiger partial charge in [0, 0.05) is 25.9 Å². The highest BCUT2D eigenvalue weighted by molar-refractivity contribution is 14.1. The Labute approximate surface area is 158 Å². The monoisotopic (exact) mass is 449 g/mol. The molecule has 128 valence electrons. The topological polar surface area (TPSA) is 77.2 Å². The van der Waals surface area contributed by atoms with E-state index in [4.69, 9.17) is 9.15 Å². The highest BCUT2D eigenvalue weighted by atomic mass is 127. The molecule has 0 aliphatic carbocycles. The molecule has 0 N–H and O–H groups in total. The number of ether oxygens (including phenoxy) is 1. The highest BCUT2D eigenvalue weighted by Crippen LogP contribution is 2.26. The summed E-state index contributed by atoms with van der Waals surface area (Å²) in [6.07, 6.45) is 0. The summed E-state index contributed by atoms with van der Waals surface area (Å²) in [5.74, 6) is 3.20. The van der Waals surface area contributed by atoms with Crippen molar-refractivity contribution in [2.45, 2.75) is 6.92 Å². The van der Waals surface area contributed by atoms with E-state index in [1.807, 2.05) is 36.4 Å². The van der Waals surface area contributed by atoms with Crippen molar-refractivity contribution < 1.29 is 9.15 Å². The molecule has 3 heterocycles. The van der Waals surface area contributed by atoms with Gasteiger partial charge in [-0.1, -0.05) is 12.1 Å². The number of hydrogen-bond donors (Lipinski definition) is 0. The van der Waals surface area contributed by atoms with Crippen LogP contribution in [0.25, 0.3) is 11.6 Å². The average molecular weight is 449 g/mol. The van der Waals surface area contributed by atoms with Crippen LogP contribution in [0, 0.1) is 16.4 Å². The van der Waals surface area contributed by atoms with Gasteiger partial charge in [-0.05, 0) is 46.9 Å². The van der Waals surface area contributed by atoms with Gasteiger partial charge in [0.05, 0.1) is 10.2 Å². The molecule has 1 saturated heterocycles. The van der Waals surface area contributed by atoms with Crippen molar-refractivity contribution in [2.75, 3.05) is 24.6 Å². The summed E-state index contributed by atoms with van der Waals surface area (Å²) in [6.45, 7) is 4.29. The number of aryl methyl sites for hydroxylation is 1. The Kier molecular flexibility index (Phi) is 4.51. The van der Waals surface area contributed by atoms with Crippen molar-refractivity contribution in [1.82, 2.24) is 20.4 Å². The number of rotatable bonds is 5. The molecule has 0 radical (unpaired) electrons. The van der Waals surface area contributed by atoms with Crippen molar-refractivity contribution in [3.8, 4) is 17.3 Å². The number of anilines is 1. The first-order chi connectivity index (χ1) is 12.2. The Hall–Kier alpha value is -2.23. The third-order valence-corrected chi connectivity index (χ3v) is 4.88. The lowest BCUT2D eigenvalue weighted by Gasteiger charge is -2.39. The maximum atomic E-state index is 5.91. The van der Waals surface area contributed by atoms with E-state index < -0.39 is 0 Å². The largest absolute Gasteiger partial charge is 0.492 e. The van der Waals surface area contributed by atoms with Crippen LogP contribution in [0.15, 0.2) is 40.8 Å². The molecule has 1 aromatic carbocycles. The molecule has 8 heteroatoms. The standard InChI is InChI=1S/C17H16IN5O2/c1-11-19-22-17(25-11)14-6-7-16(21-20-14)23-8-12(9-23)10-24-15-5-3-2-4-13(15)18/h2-7,12H,8-10H2,1H3. The van der Waals surface area contributed by atoms with E-state index in [-0.39, 0.29) is 0 Å². The number of hydrogen-bond acceptors (Lipinski definition) is 7. The van der Waals surface area contributed by atoms with Crippen molar-refractivity contribution in [3.05, 3.63) is 45.9 Å². The quantitative estimate of drug-likeness (QED) is 0.555. The number of aromatic nitrogens is 4. The second kappa shape index (κ2) is 6.95. The van der Waals surface area contributed by atoms with Gasteiger partial charge >= 0.3 is 0 Å². The molecule has 7 nitrogen and oxygen atoms in total. The zero-order valence-corrected chi connectivity index (χ0v) is 15.8. The van der Waals surface area contributed by atoms with Crippen LogP contribution in [0.1, 0.15) is 5.89 Å². The molecule has 0 saturated carbocycles. The number of halogens is 1. The van der Waals surface area contributed by atoms with E-state index in [0.717, 1.165) is 28.2 Å². The summed E-state index contributed by atoms with van der Waals surface area (Å²) in [4.78, 5) is 2.18. The van der Waals surface area contributed by atoms with Crippen LogP contribution in [0.4, 0.5) is 5.82 Å². The van der Waals surface area contributed by atoms with Gasteiger partial charge in [0.1, 0.15) is 11.4 Å². The molecule has 0 spiro atoms. The van der Waals surface area contributed by atoms with E-state index in [1.165, 1.54) is 0 Å². The smallest absolute Gasteiger partial charge is 0.268 e. The van der Waals surface area contributed by atoms with Gasteiger partial charge in [-0.3, -0.25) is 0 Å². The number of nitrogens with zero attached hydrogens (tertiary/aromatic N) is 5. The van der Waals surface area contributed by atoms with Gasteiger partial charge in [0.25, 0.3) is 5.89 Å². The lowest BCUT2D eigenvalue weighted by molar-refractivity contribution is 0.219. The van der Waals surface area contributed by atoms with Crippen molar-refractivity contribution in [1.29, 1.82) is 0 Å². The Morgan fingerprint density at radius 1 is 1.12 bits per heavy atom. The van der Waals surface area contributed by atoms with Crippen LogP contribution < -0.4 is 9.64 Å². The Morgan fingerprint density at radius 3 is 2.64 bits per heavy atom. The van der Waals surface area contributed by atoms with Crippen LogP contribution in [-0.4, -0.2) is 40.1 Å². The fourth-order valence-electron chi connectivity index (χ4n) is 2.64. The lowest BCUT2D eigenvalue weighted by atomic mass is 10.0. The lowest BCUT2D eigenvalue weighted by Crippen LogP contribution is -2.49.